The molecule has 0 aliphatic heterocycles. The Morgan fingerprint density at radius 3 is 2.58 bits per heavy atom. The van der Waals surface area contributed by atoms with Crippen LogP contribution in [0.4, 0.5) is 8.78 Å². The van der Waals surface area contributed by atoms with Crippen LogP contribution in [0.3, 0.4) is 0 Å². The summed E-state index contributed by atoms with van der Waals surface area (Å²) in [6.07, 6.45) is 0. The number of amides is 1. The molecule has 0 bridgehead atoms. The van der Waals surface area contributed by atoms with Gasteiger partial charge in [0.1, 0.15) is 17.2 Å². The number of ether oxygens (including phenoxy) is 1. The lowest BCUT2D eigenvalue weighted by atomic mass is 10.1. The van der Waals surface area contributed by atoms with E-state index in [0.29, 0.717) is 0 Å². The van der Waals surface area contributed by atoms with E-state index >= 15 is 0 Å². The zero-order valence-electron chi connectivity index (χ0n) is 10.4. The topological polar surface area (TPSA) is 75.6 Å². The highest BCUT2D eigenvalue weighted by Crippen LogP contribution is 2.16. The molecule has 5 nitrogen and oxygen atoms in total. The van der Waals surface area contributed by atoms with E-state index in [1.165, 1.54) is 20.1 Å². The second-order valence-electron chi connectivity index (χ2n) is 3.87. The van der Waals surface area contributed by atoms with Crippen LogP contribution in [-0.2, 0) is 9.53 Å². The first-order valence-electron chi connectivity index (χ1n) is 5.35. The molecule has 1 amide bonds. The summed E-state index contributed by atoms with van der Waals surface area (Å²) in [6, 6.07) is 0.752. The Kier molecular flexibility index (Phi) is 4.94. The summed E-state index contributed by atoms with van der Waals surface area (Å²) < 4.78 is 31.7. The van der Waals surface area contributed by atoms with Crippen molar-refractivity contribution in [3.8, 4) is 0 Å². The van der Waals surface area contributed by atoms with Crippen LogP contribution in [0.2, 0.25) is 0 Å². The van der Waals surface area contributed by atoms with Crippen molar-refractivity contribution in [2.75, 3.05) is 13.7 Å². The minimum atomic E-state index is -1.38. The van der Waals surface area contributed by atoms with E-state index < -0.39 is 35.1 Å². The Balaban J connectivity index is 3.01. The molecule has 0 radical (unpaired) electrons. The van der Waals surface area contributed by atoms with Crippen LogP contribution in [0, 0.1) is 18.6 Å². The van der Waals surface area contributed by atoms with E-state index in [-0.39, 0.29) is 12.2 Å². The third-order valence-corrected chi connectivity index (χ3v) is 2.45. The van der Waals surface area contributed by atoms with Crippen LogP contribution < -0.4 is 5.32 Å². The number of carbonyl (C=O) groups excluding carboxylic acids is 1. The molecular formula is C12H13F2NO4. The third kappa shape index (κ3) is 3.47. The molecule has 0 saturated heterocycles. The van der Waals surface area contributed by atoms with Crippen LogP contribution in [0.15, 0.2) is 12.1 Å². The van der Waals surface area contributed by atoms with E-state index in [9.17, 15) is 18.4 Å². The first-order chi connectivity index (χ1) is 8.88. The van der Waals surface area contributed by atoms with Gasteiger partial charge in [-0.05, 0) is 18.6 Å². The summed E-state index contributed by atoms with van der Waals surface area (Å²) in [7, 11) is 1.25. The number of aryl methyl sites for hydroxylation is 1. The summed E-state index contributed by atoms with van der Waals surface area (Å²) >= 11 is 0. The van der Waals surface area contributed by atoms with Gasteiger partial charge in [0.15, 0.2) is 6.04 Å². The molecule has 0 aliphatic carbocycles. The largest absolute Gasteiger partial charge is 0.480 e. The highest BCUT2D eigenvalue weighted by Gasteiger charge is 2.25. The SMILES string of the molecule is COCC(NC(=O)c1c(F)ccc(C)c1F)C(=O)O. The Morgan fingerprint density at radius 2 is 2.05 bits per heavy atom. The van der Waals surface area contributed by atoms with E-state index in [1.54, 1.807) is 0 Å². The zero-order valence-corrected chi connectivity index (χ0v) is 10.4. The highest BCUT2D eigenvalue weighted by atomic mass is 19.1. The summed E-state index contributed by atoms with van der Waals surface area (Å²) in [5, 5.41) is 10.8. The van der Waals surface area contributed by atoms with Gasteiger partial charge in [0.25, 0.3) is 5.91 Å². The molecule has 0 fully saturated rings. The number of benzene rings is 1. The van der Waals surface area contributed by atoms with Crippen molar-refractivity contribution < 1.29 is 28.2 Å². The number of methoxy groups -OCH3 is 1. The quantitative estimate of drug-likeness (QED) is 0.842. The summed E-state index contributed by atoms with van der Waals surface area (Å²) in [5.74, 6) is -4.56. The van der Waals surface area contributed by atoms with Gasteiger partial charge in [-0.25, -0.2) is 13.6 Å². The van der Waals surface area contributed by atoms with Gasteiger partial charge in [0.2, 0.25) is 0 Å². The van der Waals surface area contributed by atoms with Crippen LogP contribution in [0.5, 0.6) is 0 Å². The Labute approximate surface area is 108 Å². The molecule has 2 N–H and O–H groups in total. The maximum Gasteiger partial charge on any atom is 0.328 e. The second kappa shape index (κ2) is 6.24. The lowest BCUT2D eigenvalue weighted by Crippen LogP contribution is -2.44. The monoisotopic (exact) mass is 273 g/mol. The van der Waals surface area contributed by atoms with Gasteiger partial charge in [-0.1, -0.05) is 6.07 Å². The molecule has 1 atom stereocenters. The van der Waals surface area contributed by atoms with Crippen LogP contribution in [-0.4, -0.2) is 36.7 Å². The summed E-state index contributed by atoms with van der Waals surface area (Å²) in [5.41, 5.74) is -0.715. The molecule has 0 saturated carbocycles. The number of rotatable bonds is 5. The lowest BCUT2D eigenvalue weighted by Gasteiger charge is -2.14. The standard InChI is InChI=1S/C12H13F2NO4/c1-6-3-4-7(13)9(10(6)14)11(16)15-8(5-19-2)12(17)18/h3-4,8H,5H2,1-2H3,(H,15,16)(H,17,18). The molecule has 19 heavy (non-hydrogen) atoms. The van der Waals surface area contributed by atoms with E-state index in [1.807, 2.05) is 5.32 Å². The summed E-state index contributed by atoms with van der Waals surface area (Å²) in [6.45, 7) is 1.06. The van der Waals surface area contributed by atoms with E-state index in [0.717, 1.165) is 6.07 Å². The number of nitrogens with one attached hydrogen (secondary N) is 1. The number of halogens is 2. The van der Waals surface area contributed by atoms with Crippen molar-refractivity contribution in [3.63, 3.8) is 0 Å². The van der Waals surface area contributed by atoms with E-state index in [2.05, 4.69) is 4.74 Å². The van der Waals surface area contributed by atoms with Gasteiger partial charge in [0.05, 0.1) is 6.61 Å². The van der Waals surface area contributed by atoms with Gasteiger partial charge in [0, 0.05) is 7.11 Å². The first-order valence-corrected chi connectivity index (χ1v) is 5.35. The van der Waals surface area contributed by atoms with Gasteiger partial charge < -0.3 is 15.2 Å². The Bertz CT molecular complexity index is 505. The number of hydrogen-bond donors (Lipinski definition) is 2. The maximum absolute atomic E-state index is 13.7. The second-order valence-corrected chi connectivity index (χ2v) is 3.87. The molecule has 104 valence electrons. The highest BCUT2D eigenvalue weighted by molar-refractivity contribution is 5.97. The van der Waals surface area contributed by atoms with Crippen LogP contribution >= 0.6 is 0 Å². The van der Waals surface area contributed by atoms with Crippen molar-refractivity contribution in [1.82, 2.24) is 5.32 Å². The fraction of sp³-hybridized carbons (Fsp3) is 0.333. The molecule has 0 aliphatic rings. The smallest absolute Gasteiger partial charge is 0.328 e. The zero-order chi connectivity index (χ0) is 14.6. The van der Waals surface area contributed by atoms with Gasteiger partial charge in [-0.2, -0.15) is 0 Å². The van der Waals surface area contributed by atoms with Gasteiger partial charge in [-0.15, -0.1) is 0 Å². The number of carboxylic acids is 1. The van der Waals surface area contributed by atoms with Crippen molar-refractivity contribution in [2.24, 2.45) is 0 Å². The third-order valence-electron chi connectivity index (χ3n) is 2.45. The number of carboxylic acid groups (broad SMARTS) is 1. The van der Waals surface area contributed by atoms with Crippen molar-refractivity contribution in [1.29, 1.82) is 0 Å². The number of aliphatic carboxylic acids is 1. The maximum atomic E-state index is 13.7. The molecule has 1 aromatic carbocycles. The van der Waals surface area contributed by atoms with Crippen molar-refractivity contribution >= 4 is 11.9 Å². The van der Waals surface area contributed by atoms with Crippen LogP contribution in [0.1, 0.15) is 15.9 Å². The molecular weight excluding hydrogens is 260 g/mol. The Hall–Kier alpha value is -2.02. The normalized spacial score (nSPS) is 12.0. The fourth-order valence-corrected chi connectivity index (χ4v) is 1.44. The Morgan fingerprint density at radius 1 is 1.42 bits per heavy atom. The molecule has 1 rings (SSSR count). The average molecular weight is 273 g/mol. The molecule has 0 aromatic heterocycles. The minimum Gasteiger partial charge on any atom is -0.480 e. The van der Waals surface area contributed by atoms with E-state index in [4.69, 9.17) is 5.11 Å². The lowest BCUT2D eigenvalue weighted by molar-refractivity contribution is -0.140. The summed E-state index contributed by atoms with van der Waals surface area (Å²) in [4.78, 5) is 22.5. The van der Waals surface area contributed by atoms with Gasteiger partial charge >= 0.3 is 5.97 Å². The molecule has 1 unspecified atom stereocenters. The average Bonchev–Trinajstić information content (AvgIpc) is 2.33. The van der Waals surface area contributed by atoms with Gasteiger partial charge in [-0.3, -0.25) is 4.79 Å². The number of carbonyl (C=O) groups is 2. The molecule has 0 heterocycles. The molecule has 0 spiro atoms. The molecule has 7 heteroatoms. The molecule has 1 aromatic rings. The van der Waals surface area contributed by atoms with Crippen LogP contribution in [0.25, 0.3) is 0 Å². The minimum absolute atomic E-state index is 0.0881. The first kappa shape index (κ1) is 15.0. The van der Waals surface area contributed by atoms with Crippen molar-refractivity contribution in [2.45, 2.75) is 13.0 Å². The predicted octanol–water partition coefficient (Wildman–Crippen LogP) is 1.10. The van der Waals surface area contributed by atoms with Crippen molar-refractivity contribution in [3.05, 3.63) is 34.9 Å². The fourth-order valence-electron chi connectivity index (χ4n) is 1.44. The number of hydrogen-bond acceptors (Lipinski definition) is 3. The predicted molar refractivity (Wildman–Crippen MR) is 61.9 cm³/mol.